The maximum Gasteiger partial charge on any atom is 0.122 e. The molecule has 1 atom stereocenters. The van der Waals surface area contributed by atoms with Gasteiger partial charge in [0, 0.05) is 6.54 Å². The minimum atomic E-state index is -0.742. The first kappa shape index (κ1) is 14.4. The number of nitrogens with one attached hydrogen (secondary N) is 1. The Labute approximate surface area is 116 Å². The first-order chi connectivity index (χ1) is 9.02. The largest absolute Gasteiger partial charge is 0.494 e. The molecule has 0 aliphatic heterocycles. The molecular weight excluding hydrogens is 238 g/mol. The molecule has 1 aliphatic rings. The summed E-state index contributed by atoms with van der Waals surface area (Å²) in [5.74, 6) is 1.31. The van der Waals surface area contributed by atoms with Gasteiger partial charge in [0.15, 0.2) is 0 Å². The predicted molar refractivity (Wildman–Crippen MR) is 77.6 cm³/mol. The minimum absolute atomic E-state index is 0.385. The van der Waals surface area contributed by atoms with E-state index in [0.717, 1.165) is 35.3 Å². The highest BCUT2D eigenvalue weighted by Gasteiger charge is 2.45. The molecular formula is C16H25NO2. The maximum atomic E-state index is 11.0. The fourth-order valence-electron chi connectivity index (χ4n) is 2.86. The van der Waals surface area contributed by atoms with E-state index in [9.17, 15) is 5.11 Å². The molecule has 3 nitrogen and oxygen atoms in total. The van der Waals surface area contributed by atoms with E-state index in [0.29, 0.717) is 19.1 Å². The Balaban J connectivity index is 2.40. The van der Waals surface area contributed by atoms with Gasteiger partial charge in [-0.2, -0.15) is 0 Å². The van der Waals surface area contributed by atoms with Crippen molar-refractivity contribution in [2.24, 2.45) is 5.92 Å². The van der Waals surface area contributed by atoms with Crippen LogP contribution < -0.4 is 10.1 Å². The van der Waals surface area contributed by atoms with E-state index in [4.69, 9.17) is 4.74 Å². The third-order valence-corrected chi connectivity index (χ3v) is 3.99. The minimum Gasteiger partial charge on any atom is -0.494 e. The van der Waals surface area contributed by atoms with E-state index in [2.05, 4.69) is 24.4 Å². The quantitative estimate of drug-likeness (QED) is 0.828. The van der Waals surface area contributed by atoms with E-state index < -0.39 is 5.60 Å². The molecule has 1 saturated carbocycles. The van der Waals surface area contributed by atoms with E-state index in [1.165, 1.54) is 0 Å². The lowest BCUT2D eigenvalue weighted by Gasteiger charge is -2.31. The molecule has 0 saturated heterocycles. The summed E-state index contributed by atoms with van der Waals surface area (Å²) in [6.45, 7) is 7.36. The van der Waals surface area contributed by atoms with E-state index in [1.54, 1.807) is 0 Å². The van der Waals surface area contributed by atoms with Crippen LogP contribution in [0.1, 0.15) is 36.5 Å². The van der Waals surface area contributed by atoms with Crippen LogP contribution in [0.25, 0.3) is 0 Å². The molecule has 2 N–H and O–H groups in total. The van der Waals surface area contributed by atoms with Gasteiger partial charge in [0.25, 0.3) is 0 Å². The lowest BCUT2D eigenvalue weighted by molar-refractivity contribution is 0.0146. The van der Waals surface area contributed by atoms with Crippen molar-refractivity contribution in [3.05, 3.63) is 28.8 Å². The van der Waals surface area contributed by atoms with Crippen LogP contribution in [0, 0.1) is 19.8 Å². The zero-order valence-electron chi connectivity index (χ0n) is 12.4. The molecule has 0 heterocycles. The highest BCUT2D eigenvalue weighted by molar-refractivity contribution is 5.45. The molecule has 3 heteroatoms. The first-order valence-corrected chi connectivity index (χ1v) is 7.14. The van der Waals surface area contributed by atoms with Gasteiger partial charge in [-0.1, -0.05) is 0 Å². The van der Waals surface area contributed by atoms with Crippen LogP contribution in [0.5, 0.6) is 5.75 Å². The standard InChI is InChI=1S/C16H25NO2/c1-5-19-15-9-11(2)14(8-12(15)3)16(18,10-17-4)13-6-7-13/h8-9,13,17-18H,5-7,10H2,1-4H3. The molecule has 1 aliphatic carbocycles. The number of rotatable bonds is 6. The van der Waals surface area contributed by atoms with Crippen LogP contribution in [0.4, 0.5) is 0 Å². The maximum absolute atomic E-state index is 11.0. The summed E-state index contributed by atoms with van der Waals surface area (Å²) >= 11 is 0. The molecule has 0 spiro atoms. The number of aliphatic hydroxyl groups is 1. The lowest BCUT2D eigenvalue weighted by atomic mass is 9.84. The second-order valence-corrected chi connectivity index (χ2v) is 5.59. The van der Waals surface area contributed by atoms with Crippen LogP contribution in [-0.2, 0) is 5.60 Å². The molecule has 19 heavy (non-hydrogen) atoms. The van der Waals surface area contributed by atoms with Crippen molar-refractivity contribution in [3.63, 3.8) is 0 Å². The Morgan fingerprint density at radius 3 is 2.53 bits per heavy atom. The molecule has 1 fully saturated rings. The fraction of sp³-hybridized carbons (Fsp3) is 0.625. The van der Waals surface area contributed by atoms with Gasteiger partial charge >= 0.3 is 0 Å². The summed E-state index contributed by atoms with van der Waals surface area (Å²) in [4.78, 5) is 0. The van der Waals surface area contributed by atoms with Crippen LogP contribution in [-0.4, -0.2) is 25.3 Å². The molecule has 0 aromatic heterocycles. The molecule has 0 radical (unpaired) electrons. The van der Waals surface area contributed by atoms with E-state index >= 15 is 0 Å². The van der Waals surface area contributed by atoms with Crippen molar-refractivity contribution < 1.29 is 9.84 Å². The van der Waals surface area contributed by atoms with E-state index in [-0.39, 0.29) is 0 Å². The van der Waals surface area contributed by atoms with E-state index in [1.807, 2.05) is 20.9 Å². The van der Waals surface area contributed by atoms with Gasteiger partial charge in [0.1, 0.15) is 11.4 Å². The highest BCUT2D eigenvalue weighted by atomic mass is 16.5. The van der Waals surface area contributed by atoms with Crippen LogP contribution in [0.2, 0.25) is 0 Å². The average Bonchev–Trinajstić information content (AvgIpc) is 3.18. The summed E-state index contributed by atoms with van der Waals surface area (Å²) in [6.07, 6.45) is 2.23. The van der Waals surface area contributed by atoms with Crippen molar-refractivity contribution in [2.75, 3.05) is 20.2 Å². The monoisotopic (exact) mass is 263 g/mol. The summed E-state index contributed by atoms with van der Waals surface area (Å²) in [6, 6.07) is 4.15. The molecule has 1 aromatic carbocycles. The van der Waals surface area contributed by atoms with Gasteiger partial charge in [0.05, 0.1) is 6.61 Å². The Morgan fingerprint density at radius 2 is 2.00 bits per heavy atom. The SMILES string of the molecule is CCOc1cc(C)c(C(O)(CNC)C2CC2)cc1C. The van der Waals surface area contributed by atoms with Gasteiger partial charge in [-0.3, -0.25) is 0 Å². The van der Waals surface area contributed by atoms with Crippen LogP contribution in [0.3, 0.4) is 0 Å². The normalized spacial score (nSPS) is 18.2. The molecule has 106 valence electrons. The van der Waals surface area contributed by atoms with Crippen molar-refractivity contribution >= 4 is 0 Å². The Hall–Kier alpha value is -1.06. The number of likely N-dealkylation sites (N-methyl/N-ethyl adjacent to an activating group) is 1. The second kappa shape index (κ2) is 5.51. The summed E-state index contributed by atoms with van der Waals surface area (Å²) in [7, 11) is 1.89. The van der Waals surface area contributed by atoms with Gasteiger partial charge in [-0.15, -0.1) is 0 Å². The first-order valence-electron chi connectivity index (χ1n) is 7.14. The van der Waals surface area contributed by atoms with Crippen molar-refractivity contribution in [1.29, 1.82) is 0 Å². The Kier molecular flexibility index (Phi) is 4.16. The Morgan fingerprint density at radius 1 is 1.32 bits per heavy atom. The van der Waals surface area contributed by atoms with Crippen LogP contribution >= 0.6 is 0 Å². The number of hydrogen-bond acceptors (Lipinski definition) is 3. The lowest BCUT2D eigenvalue weighted by Crippen LogP contribution is -2.39. The molecule has 2 rings (SSSR count). The average molecular weight is 263 g/mol. The zero-order chi connectivity index (χ0) is 14.0. The molecule has 0 bridgehead atoms. The Bertz CT molecular complexity index is 454. The smallest absolute Gasteiger partial charge is 0.122 e. The number of benzene rings is 1. The number of ether oxygens (including phenoxy) is 1. The number of hydrogen-bond donors (Lipinski definition) is 2. The van der Waals surface area contributed by atoms with Crippen molar-refractivity contribution in [3.8, 4) is 5.75 Å². The summed E-state index contributed by atoms with van der Waals surface area (Å²) < 4.78 is 5.62. The van der Waals surface area contributed by atoms with Crippen LogP contribution in [0.15, 0.2) is 12.1 Å². The van der Waals surface area contributed by atoms with Crippen molar-refractivity contribution in [2.45, 2.75) is 39.2 Å². The van der Waals surface area contributed by atoms with Gasteiger partial charge in [-0.05, 0) is 75.4 Å². The zero-order valence-corrected chi connectivity index (χ0v) is 12.4. The third-order valence-electron chi connectivity index (χ3n) is 3.99. The van der Waals surface area contributed by atoms with Crippen molar-refractivity contribution in [1.82, 2.24) is 5.32 Å². The summed E-state index contributed by atoms with van der Waals surface area (Å²) in [5.41, 5.74) is 2.51. The molecule has 1 aromatic rings. The number of aryl methyl sites for hydroxylation is 2. The molecule has 1 unspecified atom stereocenters. The fourth-order valence-corrected chi connectivity index (χ4v) is 2.86. The third kappa shape index (κ3) is 2.77. The highest BCUT2D eigenvalue weighted by Crippen LogP contribution is 2.47. The second-order valence-electron chi connectivity index (χ2n) is 5.59. The van der Waals surface area contributed by atoms with Gasteiger partial charge in [-0.25, -0.2) is 0 Å². The van der Waals surface area contributed by atoms with Gasteiger partial charge in [0.2, 0.25) is 0 Å². The topological polar surface area (TPSA) is 41.5 Å². The van der Waals surface area contributed by atoms with Gasteiger partial charge < -0.3 is 15.2 Å². The summed E-state index contributed by atoms with van der Waals surface area (Å²) in [5, 5.41) is 14.2. The molecule has 0 amide bonds. The predicted octanol–water partition coefficient (Wildman–Crippen LogP) is 2.52.